The van der Waals surface area contributed by atoms with Crippen LogP contribution in [0.1, 0.15) is 18.9 Å². The lowest BCUT2D eigenvalue weighted by atomic mass is 10.2. The van der Waals surface area contributed by atoms with Crippen molar-refractivity contribution in [3.63, 3.8) is 0 Å². The molecular weight excluding hydrogens is 302 g/mol. The number of rotatable bonds is 5. The van der Waals surface area contributed by atoms with Crippen LogP contribution in [-0.2, 0) is 20.0 Å². The Hall–Kier alpha value is -1.63. The lowest BCUT2D eigenvalue weighted by molar-refractivity contribution is 0.592. The van der Waals surface area contributed by atoms with Crippen molar-refractivity contribution in [2.75, 3.05) is 4.72 Å². The minimum atomic E-state index is -3.84. The first-order chi connectivity index (χ1) is 9.11. The number of hydrogen-bond donors (Lipinski definition) is 2. The van der Waals surface area contributed by atoms with Crippen LogP contribution >= 0.6 is 0 Å². The molecule has 20 heavy (non-hydrogen) atoms. The van der Waals surface area contributed by atoms with Gasteiger partial charge in [-0.3, -0.25) is 4.72 Å². The molecule has 0 saturated heterocycles. The van der Waals surface area contributed by atoms with Gasteiger partial charge in [0.2, 0.25) is 20.0 Å². The minimum Gasteiger partial charge on any atom is -0.282 e. The summed E-state index contributed by atoms with van der Waals surface area (Å²) in [6.07, 6.45) is 0.153. The van der Waals surface area contributed by atoms with E-state index in [4.69, 9.17) is 10.4 Å². The largest absolute Gasteiger partial charge is 0.282 e. The lowest BCUT2D eigenvalue weighted by Crippen LogP contribution is -2.26. The molecule has 0 bridgehead atoms. The minimum absolute atomic E-state index is 0.106. The molecule has 0 amide bonds. The molecule has 0 aliphatic rings. The summed E-state index contributed by atoms with van der Waals surface area (Å²) in [5.41, 5.74) is 0.610. The molecule has 0 saturated carbocycles. The maximum atomic E-state index is 11.9. The van der Waals surface area contributed by atoms with Crippen LogP contribution in [0.2, 0.25) is 0 Å². The van der Waals surface area contributed by atoms with E-state index in [-0.39, 0.29) is 17.0 Å². The van der Waals surface area contributed by atoms with Crippen molar-refractivity contribution in [2.45, 2.75) is 30.4 Å². The molecule has 1 unspecified atom stereocenters. The van der Waals surface area contributed by atoms with Crippen LogP contribution in [0.15, 0.2) is 23.1 Å². The van der Waals surface area contributed by atoms with Gasteiger partial charge in [0.05, 0.1) is 16.7 Å². The number of sulfonamides is 2. The summed E-state index contributed by atoms with van der Waals surface area (Å²) in [7, 11) is -7.68. The number of nitrogens with two attached hydrogens (primary N) is 1. The average Bonchev–Trinajstić information content (AvgIpc) is 2.31. The summed E-state index contributed by atoms with van der Waals surface area (Å²) in [5, 5.41) is 12.6. The average molecular weight is 317 g/mol. The molecule has 7 nitrogen and oxygen atoms in total. The molecule has 0 heterocycles. The first-order valence-electron chi connectivity index (χ1n) is 5.66. The number of primary sulfonamides is 1. The number of nitrogens with one attached hydrogen (secondary N) is 1. The van der Waals surface area contributed by atoms with E-state index in [0.29, 0.717) is 5.56 Å². The summed E-state index contributed by atoms with van der Waals surface area (Å²) in [6.45, 7) is 3.13. The Labute approximate surface area is 118 Å². The molecule has 0 aliphatic carbocycles. The van der Waals surface area contributed by atoms with E-state index in [0.717, 1.165) is 0 Å². The molecule has 0 radical (unpaired) electrons. The number of benzene rings is 1. The van der Waals surface area contributed by atoms with Gasteiger partial charge in [-0.15, -0.1) is 0 Å². The van der Waals surface area contributed by atoms with Crippen LogP contribution < -0.4 is 9.86 Å². The van der Waals surface area contributed by atoms with Crippen molar-refractivity contribution in [2.24, 2.45) is 5.14 Å². The smallest absolute Gasteiger partial charge is 0.249 e. The van der Waals surface area contributed by atoms with Crippen LogP contribution in [0.3, 0.4) is 0 Å². The van der Waals surface area contributed by atoms with Gasteiger partial charge in [-0.1, -0.05) is 6.92 Å². The molecule has 1 aromatic carbocycles. The standard InChI is InChI=1S/C11H15N3O4S2/c1-3-9(7-12)20(17,18)14-11-5-4-10(6-8(11)2)19(13,15)16/h4-6,9,14H,3H2,1-2H3,(H2,13,15,16). The third kappa shape index (κ3) is 3.69. The molecular formula is C11H15N3O4S2. The molecule has 1 rings (SSSR count). The van der Waals surface area contributed by atoms with Gasteiger partial charge in [0.15, 0.2) is 5.25 Å². The Morgan fingerprint density at radius 1 is 1.35 bits per heavy atom. The Bertz CT molecular complexity index is 748. The van der Waals surface area contributed by atoms with E-state index < -0.39 is 25.3 Å². The zero-order valence-electron chi connectivity index (χ0n) is 11.0. The molecule has 0 fully saturated rings. The van der Waals surface area contributed by atoms with Crippen LogP contribution in [0.25, 0.3) is 0 Å². The number of aryl methyl sites for hydroxylation is 1. The fraction of sp³-hybridized carbons (Fsp3) is 0.364. The fourth-order valence-electron chi connectivity index (χ4n) is 1.53. The van der Waals surface area contributed by atoms with E-state index in [9.17, 15) is 16.8 Å². The maximum Gasteiger partial charge on any atom is 0.249 e. The number of nitrogens with zero attached hydrogens (tertiary/aromatic N) is 1. The van der Waals surface area contributed by atoms with Crippen molar-refractivity contribution < 1.29 is 16.8 Å². The normalized spacial score (nSPS) is 13.5. The number of anilines is 1. The molecule has 9 heteroatoms. The third-order valence-corrected chi connectivity index (χ3v) is 5.27. The van der Waals surface area contributed by atoms with E-state index >= 15 is 0 Å². The highest BCUT2D eigenvalue weighted by molar-refractivity contribution is 7.93. The van der Waals surface area contributed by atoms with Crippen molar-refractivity contribution in [1.29, 1.82) is 5.26 Å². The van der Waals surface area contributed by atoms with E-state index in [1.165, 1.54) is 18.2 Å². The second kappa shape index (κ2) is 5.78. The van der Waals surface area contributed by atoms with Crippen molar-refractivity contribution >= 4 is 25.7 Å². The van der Waals surface area contributed by atoms with Gasteiger partial charge in [-0.25, -0.2) is 22.0 Å². The van der Waals surface area contributed by atoms with Gasteiger partial charge >= 0.3 is 0 Å². The molecule has 0 spiro atoms. The molecule has 0 aliphatic heterocycles. The number of hydrogen-bond acceptors (Lipinski definition) is 5. The monoisotopic (exact) mass is 317 g/mol. The molecule has 3 N–H and O–H groups in total. The van der Waals surface area contributed by atoms with Crippen molar-refractivity contribution in [3.8, 4) is 6.07 Å². The molecule has 110 valence electrons. The lowest BCUT2D eigenvalue weighted by Gasteiger charge is -2.13. The van der Waals surface area contributed by atoms with Crippen LogP contribution in [0.5, 0.6) is 0 Å². The fourth-order valence-corrected chi connectivity index (χ4v) is 3.39. The summed E-state index contributed by atoms with van der Waals surface area (Å²) >= 11 is 0. The second-order valence-electron chi connectivity index (χ2n) is 4.19. The summed E-state index contributed by atoms with van der Waals surface area (Å²) in [5.74, 6) is 0. The van der Waals surface area contributed by atoms with E-state index in [1.807, 2.05) is 0 Å². The summed E-state index contributed by atoms with van der Waals surface area (Å²) in [6, 6.07) is 5.47. The van der Waals surface area contributed by atoms with Gasteiger partial charge in [0, 0.05) is 0 Å². The van der Waals surface area contributed by atoms with Crippen LogP contribution in [0, 0.1) is 18.3 Å². The highest BCUT2D eigenvalue weighted by atomic mass is 32.2. The Balaban J connectivity index is 3.16. The Morgan fingerprint density at radius 2 is 1.95 bits per heavy atom. The van der Waals surface area contributed by atoms with Gasteiger partial charge in [-0.05, 0) is 37.1 Å². The summed E-state index contributed by atoms with van der Waals surface area (Å²) < 4.78 is 48.5. The maximum absolute atomic E-state index is 11.9. The SMILES string of the molecule is CCC(C#N)S(=O)(=O)Nc1ccc(S(N)(=O)=O)cc1C. The zero-order valence-corrected chi connectivity index (χ0v) is 12.6. The Morgan fingerprint density at radius 3 is 2.35 bits per heavy atom. The van der Waals surface area contributed by atoms with Gasteiger partial charge < -0.3 is 0 Å². The first-order valence-corrected chi connectivity index (χ1v) is 8.75. The molecule has 1 atom stereocenters. The first kappa shape index (κ1) is 16.4. The third-order valence-electron chi connectivity index (χ3n) is 2.67. The zero-order chi connectivity index (χ0) is 15.6. The van der Waals surface area contributed by atoms with Gasteiger partial charge in [0.25, 0.3) is 0 Å². The summed E-state index contributed by atoms with van der Waals surface area (Å²) in [4.78, 5) is -0.106. The highest BCUT2D eigenvalue weighted by Crippen LogP contribution is 2.21. The predicted octanol–water partition coefficient (Wildman–Crippen LogP) is 0.686. The highest BCUT2D eigenvalue weighted by Gasteiger charge is 2.24. The van der Waals surface area contributed by atoms with Crippen LogP contribution in [-0.4, -0.2) is 22.1 Å². The topological polar surface area (TPSA) is 130 Å². The van der Waals surface area contributed by atoms with Gasteiger partial charge in [-0.2, -0.15) is 5.26 Å². The van der Waals surface area contributed by atoms with Crippen molar-refractivity contribution in [1.82, 2.24) is 0 Å². The number of nitriles is 1. The van der Waals surface area contributed by atoms with E-state index in [1.54, 1.807) is 19.9 Å². The predicted molar refractivity (Wildman–Crippen MR) is 74.8 cm³/mol. The molecule has 1 aromatic rings. The molecule has 0 aromatic heterocycles. The second-order valence-corrected chi connectivity index (χ2v) is 7.62. The van der Waals surface area contributed by atoms with E-state index in [2.05, 4.69) is 4.72 Å². The van der Waals surface area contributed by atoms with Crippen molar-refractivity contribution in [3.05, 3.63) is 23.8 Å². The quantitative estimate of drug-likeness (QED) is 0.825. The van der Waals surface area contributed by atoms with Crippen LogP contribution in [0.4, 0.5) is 5.69 Å². The van der Waals surface area contributed by atoms with Gasteiger partial charge in [0.1, 0.15) is 0 Å². The Kier molecular flexibility index (Phi) is 4.75.